The van der Waals surface area contributed by atoms with Gasteiger partial charge >= 0.3 is 11.4 Å². The van der Waals surface area contributed by atoms with Crippen LogP contribution in [0.25, 0.3) is 12.2 Å². The van der Waals surface area contributed by atoms with Crippen molar-refractivity contribution < 1.29 is 19.0 Å². The van der Waals surface area contributed by atoms with Crippen LogP contribution < -0.4 is 20.2 Å². The number of hydrogen-bond acceptors (Lipinski definition) is 4. The van der Waals surface area contributed by atoms with Crippen LogP contribution in [0.2, 0.25) is 0 Å². The van der Waals surface area contributed by atoms with E-state index in [1.807, 2.05) is 0 Å². The highest BCUT2D eigenvalue weighted by atomic mass is 16.5. The molecule has 3 rings (SSSR count). The van der Waals surface area contributed by atoms with Gasteiger partial charge in [-0.05, 0) is 12.2 Å². The highest BCUT2D eigenvalue weighted by molar-refractivity contribution is 6.05. The fraction of sp³-hybridized carbons (Fsp3) is 0. The van der Waals surface area contributed by atoms with E-state index in [1.165, 1.54) is 36.5 Å². The molecular formula is C12H6N2O4. The molecule has 6 nitrogen and oxygen atoms in total. The van der Waals surface area contributed by atoms with Crippen LogP contribution in [0.1, 0.15) is 21.0 Å². The molecule has 0 aliphatic heterocycles. The number of allylic oxidation sites excluding steroid dienone is 4. The smallest absolute Gasteiger partial charge is 0.338 e. The molecule has 0 aromatic carbocycles. The van der Waals surface area contributed by atoms with Gasteiger partial charge in [0.05, 0.1) is 0 Å². The fourth-order valence-electron chi connectivity index (χ4n) is 2.00. The standard InChI is InChI=1S/C12H6N2O4/c15-9-5-1-3-7-11(9)14(18)8-4-2-6-10(16)12(8)13(7)17/h1-6H. The lowest BCUT2D eigenvalue weighted by molar-refractivity contribution is -0.686. The summed E-state index contributed by atoms with van der Waals surface area (Å²) in [6.07, 6.45) is 7.82. The maximum Gasteiger partial charge on any atom is 0.338 e. The Bertz CT molecular complexity index is 720. The van der Waals surface area contributed by atoms with Gasteiger partial charge in [-0.25, -0.2) is 0 Å². The van der Waals surface area contributed by atoms with E-state index in [4.69, 9.17) is 0 Å². The molecule has 0 bridgehead atoms. The maximum absolute atomic E-state index is 12.0. The summed E-state index contributed by atoms with van der Waals surface area (Å²) >= 11 is 0. The van der Waals surface area contributed by atoms with Crippen molar-refractivity contribution in [3.63, 3.8) is 0 Å². The number of ketones is 2. The zero-order valence-corrected chi connectivity index (χ0v) is 8.99. The topological polar surface area (TPSA) is 88.0 Å². The fourth-order valence-corrected chi connectivity index (χ4v) is 2.00. The predicted molar refractivity (Wildman–Crippen MR) is 59.5 cm³/mol. The Balaban J connectivity index is 2.59. The van der Waals surface area contributed by atoms with Crippen LogP contribution in [0.15, 0.2) is 24.3 Å². The monoisotopic (exact) mass is 242 g/mol. The highest BCUT2D eigenvalue weighted by Crippen LogP contribution is 1.97. The lowest BCUT2D eigenvalue weighted by Gasteiger charge is -2.10. The first kappa shape index (κ1) is 10.4. The van der Waals surface area contributed by atoms with Gasteiger partial charge in [0, 0.05) is 12.2 Å². The molecule has 0 saturated heterocycles. The Morgan fingerprint density at radius 1 is 0.778 bits per heavy atom. The zero-order chi connectivity index (χ0) is 12.9. The molecule has 1 heterocycles. The number of fused-ring (bicyclic) bond motifs is 2. The van der Waals surface area contributed by atoms with Crippen molar-refractivity contribution >= 4 is 23.7 Å². The van der Waals surface area contributed by atoms with E-state index in [0.29, 0.717) is 9.46 Å². The second-order valence-electron chi connectivity index (χ2n) is 3.84. The summed E-state index contributed by atoms with van der Waals surface area (Å²) < 4.78 is 0.672. The quantitative estimate of drug-likeness (QED) is 0.389. The van der Waals surface area contributed by atoms with Crippen molar-refractivity contribution in [2.24, 2.45) is 0 Å². The maximum atomic E-state index is 12.0. The number of carbonyl (C=O) groups excluding carboxylic acids is 2. The summed E-state index contributed by atoms with van der Waals surface area (Å²) in [7, 11) is 0. The van der Waals surface area contributed by atoms with Crippen LogP contribution in [-0.4, -0.2) is 11.6 Å². The van der Waals surface area contributed by atoms with E-state index in [-0.39, 0.29) is 22.1 Å². The first-order chi connectivity index (χ1) is 8.61. The van der Waals surface area contributed by atoms with Gasteiger partial charge in [0.2, 0.25) is 0 Å². The van der Waals surface area contributed by atoms with E-state index < -0.39 is 11.6 Å². The molecule has 0 atom stereocenters. The van der Waals surface area contributed by atoms with E-state index in [0.717, 1.165) is 0 Å². The van der Waals surface area contributed by atoms with E-state index in [1.54, 1.807) is 0 Å². The van der Waals surface area contributed by atoms with Gasteiger partial charge in [-0.2, -0.15) is 9.46 Å². The average Bonchev–Trinajstić information content (AvgIpc) is 2.35. The van der Waals surface area contributed by atoms with Crippen LogP contribution >= 0.6 is 0 Å². The largest absolute Gasteiger partial charge is 0.617 e. The number of nitrogens with zero attached hydrogens (tertiary/aromatic N) is 2. The van der Waals surface area contributed by atoms with Crippen molar-refractivity contribution in [1.82, 2.24) is 0 Å². The van der Waals surface area contributed by atoms with E-state index >= 15 is 0 Å². The van der Waals surface area contributed by atoms with Gasteiger partial charge < -0.3 is 10.4 Å². The van der Waals surface area contributed by atoms with Gasteiger partial charge in [-0.15, -0.1) is 0 Å². The molecule has 0 unspecified atom stereocenters. The van der Waals surface area contributed by atoms with Crippen molar-refractivity contribution in [3.8, 4) is 0 Å². The van der Waals surface area contributed by atoms with Gasteiger partial charge in [0.1, 0.15) is 0 Å². The van der Waals surface area contributed by atoms with Gasteiger partial charge in [0.15, 0.2) is 0 Å². The lowest BCUT2D eigenvalue weighted by Crippen LogP contribution is -2.68. The Morgan fingerprint density at radius 3 is 1.56 bits per heavy atom. The molecule has 0 amide bonds. The summed E-state index contributed by atoms with van der Waals surface area (Å²) in [5.41, 5.74) is -0.517. The molecular weight excluding hydrogens is 236 g/mol. The van der Waals surface area contributed by atoms with Crippen LogP contribution in [-0.2, 0) is 0 Å². The molecule has 0 saturated carbocycles. The summed E-state index contributed by atoms with van der Waals surface area (Å²) in [6.45, 7) is 0. The molecule has 88 valence electrons. The first-order valence-corrected chi connectivity index (χ1v) is 5.16. The second-order valence-corrected chi connectivity index (χ2v) is 3.84. The van der Waals surface area contributed by atoms with Crippen molar-refractivity contribution in [2.75, 3.05) is 0 Å². The molecule has 0 spiro atoms. The van der Waals surface area contributed by atoms with Crippen LogP contribution in [0.5, 0.6) is 0 Å². The van der Waals surface area contributed by atoms with Gasteiger partial charge in [-0.3, -0.25) is 9.59 Å². The minimum atomic E-state index is -0.551. The van der Waals surface area contributed by atoms with E-state index in [2.05, 4.69) is 0 Å². The van der Waals surface area contributed by atoms with E-state index in [9.17, 15) is 20.0 Å². The molecule has 2 aliphatic carbocycles. The van der Waals surface area contributed by atoms with Crippen LogP contribution in [0.4, 0.5) is 0 Å². The third-order valence-electron chi connectivity index (χ3n) is 2.80. The molecule has 0 fully saturated rings. The molecule has 1 aromatic rings. The molecule has 18 heavy (non-hydrogen) atoms. The summed E-state index contributed by atoms with van der Waals surface area (Å²) in [5.74, 6) is -1.10. The minimum absolute atomic E-state index is 0.103. The van der Waals surface area contributed by atoms with Crippen molar-refractivity contribution in [2.45, 2.75) is 0 Å². The van der Waals surface area contributed by atoms with Crippen molar-refractivity contribution in [1.29, 1.82) is 0 Å². The molecule has 1 aromatic heterocycles. The molecule has 0 N–H and O–H groups in total. The Kier molecular flexibility index (Phi) is 1.94. The van der Waals surface area contributed by atoms with Crippen molar-refractivity contribution in [3.05, 3.63) is 56.8 Å². The first-order valence-electron chi connectivity index (χ1n) is 5.16. The highest BCUT2D eigenvalue weighted by Gasteiger charge is 2.33. The Labute approximate surface area is 100 Å². The summed E-state index contributed by atoms with van der Waals surface area (Å²) in [5, 5.41) is 23.9. The normalized spacial score (nSPS) is 15.8. The zero-order valence-electron chi connectivity index (χ0n) is 8.99. The van der Waals surface area contributed by atoms with Crippen LogP contribution in [0.3, 0.4) is 0 Å². The third-order valence-corrected chi connectivity index (χ3v) is 2.80. The number of rotatable bonds is 0. The van der Waals surface area contributed by atoms with Gasteiger partial charge in [-0.1, -0.05) is 12.2 Å². The van der Waals surface area contributed by atoms with Crippen LogP contribution in [0, 0.1) is 10.4 Å². The Hall–Kier alpha value is -2.76. The second kappa shape index (κ2) is 3.36. The number of hydrogen-bond donors (Lipinski definition) is 0. The SMILES string of the molecule is O=C1C=CC=c2c1[n+]([O-])c1c([n+]2[O-])C(=O)C=CC=1. The average molecular weight is 242 g/mol. The Morgan fingerprint density at radius 2 is 1.17 bits per heavy atom. The third kappa shape index (κ3) is 1.17. The van der Waals surface area contributed by atoms with Gasteiger partial charge in [0.25, 0.3) is 22.3 Å². The predicted octanol–water partition coefficient (Wildman–Crippen LogP) is -1.98. The minimum Gasteiger partial charge on any atom is -0.617 e. The summed E-state index contributed by atoms with van der Waals surface area (Å²) in [4.78, 5) is 23.3. The number of carbonyl (C=O) groups is 2. The molecule has 2 aliphatic rings. The number of aromatic nitrogens is 2. The molecule has 6 heteroatoms. The lowest BCUT2D eigenvalue weighted by atomic mass is 10.1. The summed E-state index contributed by atoms with van der Waals surface area (Å²) in [6, 6.07) is 0. The molecule has 0 radical (unpaired) electrons.